The molecule has 0 fully saturated rings. The summed E-state index contributed by atoms with van der Waals surface area (Å²) in [5.74, 6) is -0.848. The molecule has 0 aromatic heterocycles. The second-order valence-electron chi connectivity index (χ2n) is 8.98. The average Bonchev–Trinajstić information content (AvgIpc) is 2.84. The molecule has 0 spiro atoms. The Morgan fingerprint density at radius 1 is 0.972 bits per heavy atom. The number of nitrogens with zero attached hydrogens (tertiary/aromatic N) is 2. The van der Waals surface area contributed by atoms with Crippen LogP contribution in [0, 0.1) is 5.82 Å². The molecule has 1 N–H and O–H groups in total. The Labute approximate surface area is 214 Å². The second-order valence-corrected chi connectivity index (χ2v) is 10.9. The first-order valence-electron chi connectivity index (χ1n) is 12.4. The third-order valence-electron chi connectivity index (χ3n) is 6.14. The number of anilines is 1. The molecular weight excluding hydrogens is 481 g/mol. The van der Waals surface area contributed by atoms with Gasteiger partial charge in [-0.1, -0.05) is 44.2 Å². The minimum atomic E-state index is -3.62. The van der Waals surface area contributed by atoms with Crippen LogP contribution < -0.4 is 9.62 Å². The number of hydrogen-bond acceptors (Lipinski definition) is 4. The number of rotatable bonds is 14. The van der Waals surface area contributed by atoms with Crippen molar-refractivity contribution in [1.82, 2.24) is 10.2 Å². The number of benzene rings is 2. The van der Waals surface area contributed by atoms with E-state index < -0.39 is 21.9 Å². The molecule has 2 aromatic carbocycles. The first-order valence-corrected chi connectivity index (χ1v) is 14.3. The summed E-state index contributed by atoms with van der Waals surface area (Å²) in [5.41, 5.74) is 1.40. The van der Waals surface area contributed by atoms with Crippen molar-refractivity contribution in [3.8, 4) is 0 Å². The van der Waals surface area contributed by atoms with Gasteiger partial charge in [0.25, 0.3) is 0 Å². The lowest BCUT2D eigenvalue weighted by Gasteiger charge is -2.32. The average molecular weight is 520 g/mol. The van der Waals surface area contributed by atoms with Crippen LogP contribution >= 0.6 is 0 Å². The van der Waals surface area contributed by atoms with Crippen LogP contribution in [0.15, 0.2) is 54.6 Å². The molecule has 0 aliphatic carbocycles. The summed E-state index contributed by atoms with van der Waals surface area (Å²) >= 11 is 0. The van der Waals surface area contributed by atoms with Gasteiger partial charge in [-0.15, -0.1) is 0 Å². The van der Waals surface area contributed by atoms with E-state index in [0.717, 1.165) is 18.2 Å². The Balaban J connectivity index is 2.15. The lowest BCUT2D eigenvalue weighted by atomic mass is 10.1. The van der Waals surface area contributed by atoms with Crippen LogP contribution in [0.3, 0.4) is 0 Å². The standard InChI is InChI=1S/C27H38FN3O4S/c1-5-21(3)29-27(33)25(6-2)30(20-18-22-11-8-7-9-12-22)26(32)13-10-19-31(36(4,34)35)24-16-14-23(28)15-17-24/h7-9,11-12,14-17,21,25H,5-6,10,13,18-20H2,1-4H3,(H,29,33)/t21-,25-/m1/s1. The molecule has 2 amide bonds. The van der Waals surface area contributed by atoms with E-state index in [4.69, 9.17) is 0 Å². The number of halogens is 1. The molecule has 198 valence electrons. The summed E-state index contributed by atoms with van der Waals surface area (Å²) < 4.78 is 39.2. The van der Waals surface area contributed by atoms with Crippen LogP contribution in [0.5, 0.6) is 0 Å². The highest BCUT2D eigenvalue weighted by Gasteiger charge is 2.29. The molecule has 0 aliphatic rings. The summed E-state index contributed by atoms with van der Waals surface area (Å²) in [7, 11) is -3.62. The molecule has 0 radical (unpaired) electrons. The Morgan fingerprint density at radius 3 is 2.17 bits per heavy atom. The molecule has 0 heterocycles. The van der Waals surface area contributed by atoms with E-state index in [-0.39, 0.29) is 37.2 Å². The van der Waals surface area contributed by atoms with E-state index in [1.807, 2.05) is 51.1 Å². The second kappa shape index (κ2) is 14.0. The van der Waals surface area contributed by atoms with E-state index in [1.165, 1.54) is 28.6 Å². The van der Waals surface area contributed by atoms with Crippen LogP contribution in [-0.2, 0) is 26.0 Å². The number of sulfonamides is 1. The van der Waals surface area contributed by atoms with Gasteiger partial charge in [0.15, 0.2) is 0 Å². The fourth-order valence-electron chi connectivity index (χ4n) is 3.95. The molecule has 7 nitrogen and oxygen atoms in total. The van der Waals surface area contributed by atoms with E-state index >= 15 is 0 Å². The van der Waals surface area contributed by atoms with Gasteiger partial charge in [-0.2, -0.15) is 0 Å². The smallest absolute Gasteiger partial charge is 0.243 e. The molecule has 0 bridgehead atoms. The topological polar surface area (TPSA) is 86.8 Å². The Kier molecular flexibility index (Phi) is 11.4. The van der Waals surface area contributed by atoms with Crippen LogP contribution in [-0.4, -0.2) is 56.6 Å². The fraction of sp³-hybridized carbons (Fsp3) is 0.481. The predicted octanol–water partition coefficient (Wildman–Crippen LogP) is 4.14. The molecule has 2 atom stereocenters. The number of carbonyl (C=O) groups excluding carboxylic acids is 2. The molecule has 36 heavy (non-hydrogen) atoms. The van der Waals surface area contributed by atoms with Crippen molar-refractivity contribution in [2.24, 2.45) is 0 Å². The van der Waals surface area contributed by atoms with E-state index in [1.54, 1.807) is 4.90 Å². The summed E-state index contributed by atoms with van der Waals surface area (Å²) in [4.78, 5) is 28.0. The third kappa shape index (κ3) is 8.93. The number of carbonyl (C=O) groups is 2. The predicted molar refractivity (Wildman–Crippen MR) is 142 cm³/mol. The molecule has 0 unspecified atom stereocenters. The minimum absolute atomic E-state index is 0.00310. The van der Waals surface area contributed by atoms with Gasteiger partial charge in [0, 0.05) is 25.6 Å². The first kappa shape index (κ1) is 29.3. The zero-order chi connectivity index (χ0) is 26.7. The highest BCUT2D eigenvalue weighted by molar-refractivity contribution is 7.92. The van der Waals surface area contributed by atoms with Crippen LogP contribution in [0.1, 0.15) is 52.0 Å². The summed E-state index contributed by atoms with van der Waals surface area (Å²) in [6, 6.07) is 14.3. The van der Waals surface area contributed by atoms with Gasteiger partial charge in [-0.3, -0.25) is 13.9 Å². The maximum absolute atomic E-state index is 13.4. The Hall–Kier alpha value is -2.94. The van der Waals surface area contributed by atoms with Crippen LogP contribution in [0.2, 0.25) is 0 Å². The van der Waals surface area contributed by atoms with E-state index in [9.17, 15) is 22.4 Å². The van der Waals surface area contributed by atoms with Crippen molar-refractivity contribution in [2.75, 3.05) is 23.7 Å². The third-order valence-corrected chi connectivity index (χ3v) is 7.33. The van der Waals surface area contributed by atoms with Gasteiger partial charge in [-0.05, 0) is 62.4 Å². The Bertz CT molecular complexity index is 1080. The highest BCUT2D eigenvalue weighted by atomic mass is 32.2. The largest absolute Gasteiger partial charge is 0.352 e. The quantitative estimate of drug-likeness (QED) is 0.407. The molecule has 0 saturated heterocycles. The van der Waals surface area contributed by atoms with Gasteiger partial charge in [0.1, 0.15) is 11.9 Å². The number of amides is 2. The van der Waals surface area contributed by atoms with E-state index in [2.05, 4.69) is 5.32 Å². The molecule has 0 saturated carbocycles. The van der Waals surface area contributed by atoms with Crippen molar-refractivity contribution in [2.45, 2.75) is 65.0 Å². The summed E-state index contributed by atoms with van der Waals surface area (Å²) in [6.07, 6.45) is 3.27. The van der Waals surface area contributed by atoms with E-state index in [0.29, 0.717) is 25.1 Å². The van der Waals surface area contributed by atoms with Gasteiger partial charge in [0.05, 0.1) is 11.9 Å². The normalized spacial score (nSPS) is 13.0. The van der Waals surface area contributed by atoms with Crippen molar-refractivity contribution in [1.29, 1.82) is 0 Å². The van der Waals surface area contributed by atoms with Gasteiger partial charge >= 0.3 is 0 Å². The first-order chi connectivity index (χ1) is 17.1. The van der Waals surface area contributed by atoms with Crippen molar-refractivity contribution < 1.29 is 22.4 Å². The summed E-state index contributed by atoms with van der Waals surface area (Å²) in [6.45, 7) is 6.24. The lowest BCUT2D eigenvalue weighted by molar-refractivity contribution is -0.141. The number of nitrogens with one attached hydrogen (secondary N) is 1. The van der Waals surface area contributed by atoms with Crippen molar-refractivity contribution >= 4 is 27.5 Å². The number of hydrogen-bond donors (Lipinski definition) is 1. The van der Waals surface area contributed by atoms with Crippen molar-refractivity contribution in [3.63, 3.8) is 0 Å². The highest BCUT2D eigenvalue weighted by Crippen LogP contribution is 2.19. The Morgan fingerprint density at radius 2 is 1.61 bits per heavy atom. The zero-order valence-electron chi connectivity index (χ0n) is 21.6. The summed E-state index contributed by atoms with van der Waals surface area (Å²) in [5, 5.41) is 2.98. The maximum atomic E-state index is 13.4. The van der Waals surface area contributed by atoms with Crippen molar-refractivity contribution in [3.05, 3.63) is 66.0 Å². The SMILES string of the molecule is CC[C@@H](C)NC(=O)[C@@H](CC)N(CCc1ccccc1)C(=O)CCCN(c1ccc(F)cc1)S(C)(=O)=O. The molecular formula is C27H38FN3O4S. The monoisotopic (exact) mass is 519 g/mol. The van der Waals surface area contributed by atoms with Gasteiger partial charge in [0.2, 0.25) is 21.8 Å². The molecule has 2 aromatic rings. The maximum Gasteiger partial charge on any atom is 0.243 e. The molecule has 2 rings (SSSR count). The minimum Gasteiger partial charge on any atom is -0.352 e. The van der Waals surface area contributed by atoms with Crippen LogP contribution in [0.25, 0.3) is 0 Å². The fourth-order valence-corrected chi connectivity index (χ4v) is 4.91. The van der Waals surface area contributed by atoms with Gasteiger partial charge in [-0.25, -0.2) is 12.8 Å². The molecule has 0 aliphatic heterocycles. The van der Waals surface area contributed by atoms with Crippen LogP contribution in [0.4, 0.5) is 10.1 Å². The molecule has 9 heteroatoms. The van der Waals surface area contributed by atoms with Gasteiger partial charge < -0.3 is 10.2 Å². The lowest BCUT2D eigenvalue weighted by Crippen LogP contribution is -2.51. The zero-order valence-corrected chi connectivity index (χ0v) is 22.4.